The van der Waals surface area contributed by atoms with Crippen LogP contribution in [0.4, 0.5) is 14.6 Å². The summed E-state index contributed by atoms with van der Waals surface area (Å²) in [6.07, 6.45) is 4.24. The molecule has 0 saturated carbocycles. The molecule has 0 amide bonds. The molecule has 0 saturated heterocycles. The Hall–Kier alpha value is -3.40. The summed E-state index contributed by atoms with van der Waals surface area (Å²) in [5, 5.41) is 13.5. The maximum Gasteiger partial charge on any atom is 0.260 e. The highest BCUT2D eigenvalue weighted by atomic mass is 32.1. The number of benzene rings is 1. The van der Waals surface area contributed by atoms with Crippen molar-refractivity contribution in [3.8, 4) is 11.4 Å². The van der Waals surface area contributed by atoms with E-state index in [2.05, 4.69) is 20.5 Å². The van der Waals surface area contributed by atoms with E-state index in [-0.39, 0.29) is 12.5 Å². The molecule has 2 atom stereocenters. The summed E-state index contributed by atoms with van der Waals surface area (Å²) in [7, 11) is 0. The number of anilines is 1. The summed E-state index contributed by atoms with van der Waals surface area (Å²) >= 11 is 1.73. The van der Waals surface area contributed by atoms with E-state index in [0.29, 0.717) is 17.2 Å². The molecule has 0 unspecified atom stereocenters. The van der Waals surface area contributed by atoms with E-state index in [1.165, 1.54) is 15.1 Å². The largest absolute Gasteiger partial charge is 0.363 e. The summed E-state index contributed by atoms with van der Waals surface area (Å²) < 4.78 is 31.1. The van der Waals surface area contributed by atoms with Gasteiger partial charge in [-0.3, -0.25) is 0 Å². The van der Waals surface area contributed by atoms with Crippen molar-refractivity contribution in [2.24, 2.45) is 0 Å². The zero-order chi connectivity index (χ0) is 22.1. The van der Waals surface area contributed by atoms with Gasteiger partial charge in [0, 0.05) is 4.88 Å². The number of aromatic nitrogens is 6. The average molecular weight is 464 g/mol. The number of alkyl halides is 2. The molecule has 0 spiro atoms. The van der Waals surface area contributed by atoms with Gasteiger partial charge in [0.15, 0.2) is 11.5 Å². The Morgan fingerprint density at radius 3 is 2.88 bits per heavy atom. The van der Waals surface area contributed by atoms with Crippen molar-refractivity contribution in [2.75, 3.05) is 5.32 Å². The molecule has 1 aromatic carbocycles. The van der Waals surface area contributed by atoms with Crippen molar-refractivity contribution in [1.82, 2.24) is 29.4 Å². The van der Waals surface area contributed by atoms with E-state index < -0.39 is 12.5 Å². The predicted molar refractivity (Wildman–Crippen MR) is 122 cm³/mol. The Bertz CT molecular complexity index is 1500. The number of nitrogens with one attached hydrogen (secondary N) is 1. The summed E-state index contributed by atoms with van der Waals surface area (Å²) in [6.45, 7) is 0. The summed E-state index contributed by atoms with van der Waals surface area (Å²) in [5.41, 5.74) is 3.66. The van der Waals surface area contributed by atoms with Gasteiger partial charge >= 0.3 is 0 Å². The number of aryl methyl sites for hydroxylation is 2. The molecule has 5 aromatic rings. The molecule has 7 rings (SSSR count). The number of thiophene rings is 1. The third kappa shape index (κ3) is 2.83. The Kier molecular flexibility index (Phi) is 4.08. The Balaban J connectivity index is 1.37. The van der Waals surface area contributed by atoms with Crippen molar-refractivity contribution in [3.05, 3.63) is 58.9 Å². The van der Waals surface area contributed by atoms with Crippen LogP contribution in [0, 0.1) is 0 Å². The quantitative estimate of drug-likeness (QED) is 0.405. The van der Waals surface area contributed by atoms with Crippen molar-refractivity contribution >= 4 is 33.0 Å². The third-order valence-corrected chi connectivity index (χ3v) is 7.87. The fraction of sp³-hybridized carbons (Fsp3) is 0.304. The monoisotopic (exact) mass is 463 g/mol. The lowest BCUT2D eigenvalue weighted by Crippen LogP contribution is -2.31. The van der Waals surface area contributed by atoms with E-state index >= 15 is 0 Å². The number of hydrogen-bond donors (Lipinski definition) is 1. The van der Waals surface area contributed by atoms with Gasteiger partial charge in [0.25, 0.3) is 6.43 Å². The number of rotatable bonds is 3. The van der Waals surface area contributed by atoms with Gasteiger partial charge < -0.3 is 5.32 Å². The van der Waals surface area contributed by atoms with Crippen molar-refractivity contribution in [3.63, 3.8) is 0 Å². The molecule has 2 aliphatic rings. The second kappa shape index (κ2) is 7.05. The highest BCUT2D eigenvalue weighted by Gasteiger charge is 2.36. The van der Waals surface area contributed by atoms with E-state index in [1.807, 2.05) is 30.3 Å². The minimum absolute atomic E-state index is 0.250. The minimum atomic E-state index is -2.53. The van der Waals surface area contributed by atoms with Crippen LogP contribution in [0.2, 0.25) is 0 Å². The van der Waals surface area contributed by atoms with Crippen LogP contribution >= 0.6 is 11.3 Å². The summed E-state index contributed by atoms with van der Waals surface area (Å²) in [5.74, 6) is 0.980. The molecule has 0 fully saturated rings. The molecule has 4 aromatic heterocycles. The molecule has 7 nitrogen and oxygen atoms in total. The molecule has 33 heavy (non-hydrogen) atoms. The molecule has 10 heteroatoms. The van der Waals surface area contributed by atoms with Crippen LogP contribution < -0.4 is 5.32 Å². The van der Waals surface area contributed by atoms with Crippen LogP contribution in [0.5, 0.6) is 0 Å². The first-order valence-corrected chi connectivity index (χ1v) is 11.8. The van der Waals surface area contributed by atoms with Crippen LogP contribution in [0.15, 0.2) is 42.9 Å². The predicted octanol–water partition coefficient (Wildman–Crippen LogP) is 5.05. The second-order valence-electron chi connectivity index (χ2n) is 8.58. The molecule has 1 aliphatic heterocycles. The van der Waals surface area contributed by atoms with Gasteiger partial charge in [-0.2, -0.15) is 5.10 Å². The van der Waals surface area contributed by atoms with Gasteiger partial charge in [-0.15, -0.1) is 16.4 Å². The topological polar surface area (TPSA) is 72.9 Å². The molecule has 5 heterocycles. The molecular weight excluding hydrogens is 444 g/mol. The first kappa shape index (κ1) is 19.1. The molecule has 166 valence electrons. The zero-order valence-corrected chi connectivity index (χ0v) is 18.3. The minimum Gasteiger partial charge on any atom is -0.363 e. The van der Waals surface area contributed by atoms with Gasteiger partial charge in [0.1, 0.15) is 23.0 Å². The maximum atomic E-state index is 14.0. The van der Waals surface area contributed by atoms with E-state index in [0.717, 1.165) is 40.7 Å². The van der Waals surface area contributed by atoms with Crippen LogP contribution in [0.1, 0.15) is 40.9 Å². The lowest BCUT2D eigenvalue weighted by molar-refractivity contribution is 0.0659. The summed E-state index contributed by atoms with van der Waals surface area (Å²) in [4.78, 5) is 11.8. The van der Waals surface area contributed by atoms with E-state index in [9.17, 15) is 8.78 Å². The number of hydrogen-bond acceptors (Lipinski definition) is 6. The lowest BCUT2D eigenvalue weighted by atomic mass is 9.97. The zero-order valence-electron chi connectivity index (χ0n) is 17.4. The van der Waals surface area contributed by atoms with E-state index in [4.69, 9.17) is 4.98 Å². The van der Waals surface area contributed by atoms with Crippen LogP contribution in [0.3, 0.4) is 0 Å². The second-order valence-corrected chi connectivity index (χ2v) is 9.67. The Labute approximate surface area is 191 Å². The standard InChI is InChI=1S/C23H19F2N7S/c24-19(25)16-9-15(12-5-2-1-3-6-12)28-21-14(10-27-32(16)21)20-29-22-18-13-7-4-8-17(13)33-23(18)26-11-31(22)30-20/h1-3,5-6,10-11,15-16,19,28H,4,7-9H2/t15-,16+/m0/s1. The van der Waals surface area contributed by atoms with E-state index in [1.54, 1.807) is 28.4 Å². The summed E-state index contributed by atoms with van der Waals surface area (Å²) in [6, 6.07) is 8.39. The van der Waals surface area contributed by atoms with Gasteiger partial charge in [-0.05, 0) is 36.8 Å². The third-order valence-electron chi connectivity index (χ3n) is 6.67. The van der Waals surface area contributed by atoms with Crippen LogP contribution in [0.25, 0.3) is 27.3 Å². The average Bonchev–Trinajstić information content (AvgIpc) is 3.59. The Morgan fingerprint density at radius 1 is 1.15 bits per heavy atom. The smallest absolute Gasteiger partial charge is 0.260 e. The molecule has 0 radical (unpaired) electrons. The fourth-order valence-corrected chi connectivity index (χ4v) is 6.33. The van der Waals surface area contributed by atoms with Crippen molar-refractivity contribution in [1.29, 1.82) is 0 Å². The van der Waals surface area contributed by atoms with Gasteiger partial charge in [-0.25, -0.2) is 27.9 Å². The van der Waals surface area contributed by atoms with Crippen molar-refractivity contribution < 1.29 is 8.78 Å². The number of nitrogens with zero attached hydrogens (tertiary/aromatic N) is 6. The van der Waals surface area contributed by atoms with Crippen LogP contribution in [-0.4, -0.2) is 35.8 Å². The molecule has 1 N–H and O–H groups in total. The van der Waals surface area contributed by atoms with Crippen molar-refractivity contribution in [2.45, 2.75) is 44.2 Å². The Morgan fingerprint density at radius 2 is 2.03 bits per heavy atom. The SMILES string of the molecule is FC(F)[C@H]1C[C@@H](c2ccccc2)Nc2c(-c3nc4c5c6c(sc5ncn4n3)CCC6)cnn21. The number of fused-ring (bicyclic) bond motifs is 6. The van der Waals surface area contributed by atoms with Gasteiger partial charge in [0.05, 0.1) is 23.2 Å². The molecule has 0 bridgehead atoms. The normalized spacial score (nSPS) is 19.8. The lowest BCUT2D eigenvalue weighted by Gasteiger charge is -2.32. The first-order valence-electron chi connectivity index (χ1n) is 11.0. The number of halogens is 2. The highest BCUT2D eigenvalue weighted by Crippen LogP contribution is 2.42. The fourth-order valence-electron chi connectivity index (χ4n) is 5.11. The van der Waals surface area contributed by atoms with Gasteiger partial charge in [-0.1, -0.05) is 30.3 Å². The molecule has 1 aliphatic carbocycles. The first-order chi connectivity index (χ1) is 16.2. The van der Waals surface area contributed by atoms with Crippen LogP contribution in [-0.2, 0) is 12.8 Å². The highest BCUT2D eigenvalue weighted by molar-refractivity contribution is 7.19. The van der Waals surface area contributed by atoms with Gasteiger partial charge in [0.2, 0.25) is 0 Å². The maximum absolute atomic E-state index is 14.0. The molecular formula is C23H19F2N7S.